The number of halogens is 1. The van der Waals surface area contributed by atoms with E-state index in [1.807, 2.05) is 5.83 Å². The van der Waals surface area contributed by atoms with Gasteiger partial charge in [-0.2, -0.15) is 0 Å². The van der Waals surface area contributed by atoms with Crippen molar-refractivity contribution in [1.82, 2.24) is 0 Å². The molecule has 110 valence electrons. The fourth-order valence-corrected chi connectivity index (χ4v) is 2.55. The van der Waals surface area contributed by atoms with Crippen LogP contribution in [0.25, 0.3) is 0 Å². The first kappa shape index (κ1) is 15.5. The molecule has 0 aromatic heterocycles. The Balaban J connectivity index is 0.000000774. The van der Waals surface area contributed by atoms with Crippen molar-refractivity contribution in [3.8, 4) is 11.5 Å². The highest BCUT2D eigenvalue weighted by Gasteiger charge is 2.48. The third-order valence-corrected chi connectivity index (χ3v) is 3.52. The Morgan fingerprint density at radius 2 is 1.48 bits per heavy atom. The molecule has 0 bridgehead atoms. The summed E-state index contributed by atoms with van der Waals surface area (Å²) in [5.41, 5.74) is -0.516. The van der Waals surface area contributed by atoms with Gasteiger partial charge >= 0.3 is 5.97 Å². The number of aliphatic hydroxyl groups is 1. The van der Waals surface area contributed by atoms with Crippen molar-refractivity contribution >= 4 is 21.9 Å². The largest absolute Gasteiger partial charge is 0.480 e. The monoisotopic (exact) mass is 350 g/mol. The van der Waals surface area contributed by atoms with Gasteiger partial charge in [-0.15, -0.1) is 0 Å². The molecule has 0 unspecified atom stereocenters. The number of aliphatic hydroxyl groups excluding tert-OH is 1. The second-order valence-electron chi connectivity index (χ2n) is 4.46. The van der Waals surface area contributed by atoms with Crippen molar-refractivity contribution in [1.29, 1.82) is 0 Å². The van der Waals surface area contributed by atoms with Gasteiger partial charge < -0.3 is 14.9 Å². The van der Waals surface area contributed by atoms with E-state index < -0.39 is 18.0 Å². The number of rotatable bonds is 2. The van der Waals surface area contributed by atoms with Crippen LogP contribution >= 0.6 is 15.9 Å². The minimum Gasteiger partial charge on any atom is -0.480 e. The van der Waals surface area contributed by atoms with Gasteiger partial charge in [0.2, 0.25) is 0 Å². The summed E-state index contributed by atoms with van der Waals surface area (Å²) in [5.74, 6) is 1.67. The minimum atomic E-state index is -1.47. The van der Waals surface area contributed by atoms with Crippen LogP contribution in [0.2, 0.25) is 0 Å². The number of carboxylic acids is 1. The van der Waals surface area contributed by atoms with Gasteiger partial charge in [-0.1, -0.05) is 52.3 Å². The molecular weight excluding hydrogens is 336 g/mol. The minimum absolute atomic E-state index is 0.470. The van der Waals surface area contributed by atoms with Crippen LogP contribution in [0.4, 0.5) is 0 Å². The number of carbonyl (C=O) groups is 1. The van der Waals surface area contributed by atoms with E-state index in [4.69, 9.17) is 4.74 Å². The molecule has 1 aliphatic rings. The second-order valence-corrected chi connectivity index (χ2v) is 4.46. The fourth-order valence-electron chi connectivity index (χ4n) is 2.55. The normalized spacial score (nSPS) is 13.9. The van der Waals surface area contributed by atoms with Crippen molar-refractivity contribution in [3.63, 3.8) is 0 Å². The average Bonchev–Trinajstić information content (AvgIpc) is 2.54. The quantitative estimate of drug-likeness (QED) is 0.816. The van der Waals surface area contributed by atoms with E-state index in [9.17, 15) is 15.0 Å². The first-order valence-corrected chi connectivity index (χ1v) is 7.87. The van der Waals surface area contributed by atoms with Crippen LogP contribution in [-0.4, -0.2) is 28.6 Å². The molecule has 2 aromatic rings. The molecule has 0 saturated carbocycles. The summed E-state index contributed by atoms with van der Waals surface area (Å²) in [4.78, 5) is 11.8. The first-order valence-electron chi connectivity index (χ1n) is 6.29. The zero-order chi connectivity index (χ0) is 15.5. The molecule has 0 spiro atoms. The maximum Gasteiger partial charge on any atom is 0.321 e. The molecule has 3 rings (SSSR count). The summed E-state index contributed by atoms with van der Waals surface area (Å²) < 4.78 is 5.71. The van der Waals surface area contributed by atoms with Gasteiger partial charge in [0, 0.05) is 11.1 Å². The van der Waals surface area contributed by atoms with Crippen molar-refractivity contribution in [3.05, 3.63) is 59.7 Å². The smallest absolute Gasteiger partial charge is 0.321 e. The van der Waals surface area contributed by atoms with E-state index in [0.29, 0.717) is 22.6 Å². The number of para-hydroxylation sites is 2. The zero-order valence-corrected chi connectivity index (χ0v) is 13.0. The lowest BCUT2D eigenvalue weighted by Crippen LogP contribution is -2.42. The van der Waals surface area contributed by atoms with Gasteiger partial charge in [-0.3, -0.25) is 4.79 Å². The molecule has 2 aromatic carbocycles. The number of fused-ring (bicyclic) bond motifs is 2. The molecule has 4 nitrogen and oxygen atoms in total. The molecule has 0 radical (unpaired) electrons. The zero-order valence-electron chi connectivity index (χ0n) is 11.4. The number of hydrogen-bond acceptors (Lipinski definition) is 3. The topological polar surface area (TPSA) is 66.8 Å². The van der Waals surface area contributed by atoms with Crippen LogP contribution in [0, 0.1) is 0 Å². The Hall–Kier alpha value is -1.85. The fraction of sp³-hybridized carbons (Fsp3) is 0.188. The van der Waals surface area contributed by atoms with Gasteiger partial charge in [0.05, 0.1) is 6.61 Å². The van der Waals surface area contributed by atoms with Gasteiger partial charge in [-0.25, -0.2) is 0 Å². The van der Waals surface area contributed by atoms with E-state index >= 15 is 0 Å². The molecule has 0 saturated heterocycles. The summed E-state index contributed by atoms with van der Waals surface area (Å²) in [6.45, 7) is -0.514. The van der Waals surface area contributed by atoms with Gasteiger partial charge in [0.15, 0.2) is 0 Å². The molecule has 2 N–H and O–H groups in total. The molecule has 0 aliphatic carbocycles. The van der Waals surface area contributed by atoms with E-state index in [-0.39, 0.29) is 0 Å². The molecule has 21 heavy (non-hydrogen) atoms. The highest BCUT2D eigenvalue weighted by molar-refractivity contribution is 9.08. The van der Waals surface area contributed by atoms with Crippen LogP contribution in [0.1, 0.15) is 11.1 Å². The molecule has 0 fully saturated rings. The van der Waals surface area contributed by atoms with E-state index in [2.05, 4.69) is 15.9 Å². The average molecular weight is 351 g/mol. The number of ether oxygens (including phenoxy) is 1. The lowest BCUT2D eigenvalue weighted by molar-refractivity contribution is -0.143. The lowest BCUT2D eigenvalue weighted by Gasteiger charge is -2.35. The lowest BCUT2D eigenvalue weighted by atomic mass is 9.73. The maximum atomic E-state index is 11.8. The Kier molecular flexibility index (Phi) is 4.65. The third kappa shape index (κ3) is 2.32. The summed E-state index contributed by atoms with van der Waals surface area (Å²) in [6, 6.07) is 13.8. The number of hydrogen-bond donors (Lipinski definition) is 2. The van der Waals surface area contributed by atoms with Crippen molar-refractivity contribution in [2.24, 2.45) is 0 Å². The number of benzene rings is 2. The predicted molar refractivity (Wildman–Crippen MR) is 83.3 cm³/mol. The van der Waals surface area contributed by atoms with E-state index in [1.54, 1.807) is 48.5 Å². The molecule has 1 aliphatic heterocycles. The van der Waals surface area contributed by atoms with Crippen LogP contribution in [-0.2, 0) is 10.2 Å². The van der Waals surface area contributed by atoms with E-state index in [1.165, 1.54) is 0 Å². The number of carboxylic acid groups (broad SMARTS) is 1. The molecular formula is C16H15BrO4. The van der Waals surface area contributed by atoms with Crippen molar-refractivity contribution in [2.45, 2.75) is 5.41 Å². The van der Waals surface area contributed by atoms with Crippen LogP contribution < -0.4 is 4.74 Å². The standard InChI is InChI=1S/C15H12O4.CH3Br/c16-9-15(14(17)18)10-5-1-3-7-12(10)19-13-8-4-2-6-11(13)15;1-2/h1-8,16H,9H2,(H,17,18);1H3. The second kappa shape index (κ2) is 6.28. The van der Waals surface area contributed by atoms with Crippen LogP contribution in [0.3, 0.4) is 0 Å². The van der Waals surface area contributed by atoms with E-state index in [0.717, 1.165) is 0 Å². The Bertz CT molecular complexity index is 609. The number of aliphatic carboxylic acids is 1. The number of alkyl halides is 1. The highest BCUT2D eigenvalue weighted by atomic mass is 79.9. The van der Waals surface area contributed by atoms with Crippen molar-refractivity contribution < 1.29 is 19.7 Å². The van der Waals surface area contributed by atoms with Crippen LogP contribution in [0.5, 0.6) is 11.5 Å². The Morgan fingerprint density at radius 3 is 1.86 bits per heavy atom. The predicted octanol–water partition coefficient (Wildman–Crippen LogP) is 3.17. The van der Waals surface area contributed by atoms with Crippen molar-refractivity contribution in [2.75, 3.05) is 12.4 Å². The van der Waals surface area contributed by atoms with Gasteiger partial charge in [0.1, 0.15) is 16.9 Å². The molecule has 1 heterocycles. The molecule has 5 heteroatoms. The highest BCUT2D eigenvalue weighted by Crippen LogP contribution is 2.47. The molecule has 0 atom stereocenters. The molecule has 0 amide bonds. The SMILES string of the molecule is CBr.O=C(O)C1(CO)c2ccccc2Oc2ccccc21. The first-order chi connectivity index (χ1) is 10.2. The maximum absolute atomic E-state index is 11.8. The third-order valence-electron chi connectivity index (χ3n) is 3.52. The summed E-state index contributed by atoms with van der Waals surface area (Å²) in [6.07, 6.45) is 0. The van der Waals surface area contributed by atoms with Gasteiger partial charge in [-0.05, 0) is 18.0 Å². The Morgan fingerprint density at radius 1 is 1.05 bits per heavy atom. The summed E-state index contributed by atoms with van der Waals surface area (Å²) >= 11 is 2.94. The summed E-state index contributed by atoms with van der Waals surface area (Å²) in [5, 5.41) is 19.4. The summed E-state index contributed by atoms with van der Waals surface area (Å²) in [7, 11) is 0. The van der Waals surface area contributed by atoms with Crippen LogP contribution in [0.15, 0.2) is 48.5 Å². The van der Waals surface area contributed by atoms with Gasteiger partial charge in [0.25, 0.3) is 0 Å². The Labute approximate surface area is 131 Å².